The molecule has 0 saturated carbocycles. The number of hydrogen-bond donors (Lipinski definition) is 1. The first-order chi connectivity index (χ1) is 9.39. The van der Waals surface area contributed by atoms with E-state index in [1.54, 1.807) is 6.07 Å². The Labute approximate surface area is 124 Å². The van der Waals surface area contributed by atoms with Gasteiger partial charge < -0.3 is 10.5 Å². The van der Waals surface area contributed by atoms with Crippen molar-refractivity contribution < 1.29 is 17.9 Å². The summed E-state index contributed by atoms with van der Waals surface area (Å²) in [5.74, 6) is 0. The van der Waals surface area contributed by atoms with Crippen LogP contribution in [0.2, 0.25) is 5.02 Å². The van der Waals surface area contributed by atoms with Gasteiger partial charge in [0.15, 0.2) is 0 Å². The fourth-order valence-corrected chi connectivity index (χ4v) is 4.25. The van der Waals surface area contributed by atoms with Crippen LogP contribution in [0, 0.1) is 0 Å². The van der Waals surface area contributed by atoms with E-state index in [9.17, 15) is 13.2 Å². The van der Waals surface area contributed by atoms with E-state index in [2.05, 4.69) is 4.74 Å². The Kier molecular flexibility index (Phi) is 4.32. The third-order valence-electron chi connectivity index (χ3n) is 2.38. The van der Waals surface area contributed by atoms with Gasteiger partial charge in [0.05, 0.1) is 4.90 Å². The highest BCUT2D eigenvalue weighted by atomic mass is 35.5. The standard InChI is InChI=1S/C12H10ClNO4S2/c13-8-1-4-10(5-2-8)20(16,17)11-6-3-9(19-11)7-18-12(14)15/h1-6H,7H2,(H2,14,15). The van der Waals surface area contributed by atoms with Crippen LogP contribution < -0.4 is 5.73 Å². The minimum Gasteiger partial charge on any atom is -0.444 e. The Bertz CT molecular complexity index is 722. The summed E-state index contributed by atoms with van der Waals surface area (Å²) < 4.78 is 29.4. The summed E-state index contributed by atoms with van der Waals surface area (Å²) >= 11 is 6.76. The molecule has 2 aromatic rings. The maximum atomic E-state index is 12.3. The molecular weight excluding hydrogens is 322 g/mol. The second kappa shape index (κ2) is 5.82. The lowest BCUT2D eigenvalue weighted by Gasteiger charge is -2.01. The molecule has 0 saturated heterocycles. The van der Waals surface area contributed by atoms with Gasteiger partial charge >= 0.3 is 6.09 Å². The van der Waals surface area contributed by atoms with E-state index in [0.717, 1.165) is 11.3 Å². The number of nitrogens with two attached hydrogens (primary N) is 1. The molecule has 1 heterocycles. The molecule has 0 unspecified atom stereocenters. The Hall–Kier alpha value is -1.57. The molecule has 0 aliphatic carbocycles. The van der Waals surface area contributed by atoms with Crippen LogP contribution in [0.25, 0.3) is 0 Å². The average molecular weight is 332 g/mol. The molecule has 0 fully saturated rings. The molecule has 0 atom stereocenters. The van der Waals surface area contributed by atoms with E-state index in [0.29, 0.717) is 9.90 Å². The van der Waals surface area contributed by atoms with Gasteiger partial charge in [0.25, 0.3) is 0 Å². The topological polar surface area (TPSA) is 86.5 Å². The van der Waals surface area contributed by atoms with E-state index >= 15 is 0 Å². The minimum absolute atomic E-state index is 0.0455. The molecule has 1 aromatic heterocycles. The summed E-state index contributed by atoms with van der Waals surface area (Å²) in [7, 11) is -3.59. The molecule has 0 aliphatic rings. The Balaban J connectivity index is 2.26. The highest BCUT2D eigenvalue weighted by molar-refractivity contribution is 7.93. The SMILES string of the molecule is NC(=O)OCc1ccc(S(=O)(=O)c2ccc(Cl)cc2)s1. The molecule has 1 amide bonds. The van der Waals surface area contributed by atoms with Gasteiger partial charge in [-0.1, -0.05) is 11.6 Å². The number of benzene rings is 1. The molecule has 2 rings (SSSR count). The van der Waals surface area contributed by atoms with Crippen molar-refractivity contribution in [1.29, 1.82) is 0 Å². The Morgan fingerprint density at radius 2 is 1.85 bits per heavy atom. The van der Waals surface area contributed by atoms with Crippen molar-refractivity contribution in [2.24, 2.45) is 5.73 Å². The van der Waals surface area contributed by atoms with E-state index in [4.69, 9.17) is 17.3 Å². The van der Waals surface area contributed by atoms with Gasteiger partial charge in [0.1, 0.15) is 10.8 Å². The van der Waals surface area contributed by atoms with Crippen LogP contribution in [0.5, 0.6) is 0 Å². The van der Waals surface area contributed by atoms with Gasteiger partial charge in [0, 0.05) is 9.90 Å². The van der Waals surface area contributed by atoms with E-state index in [1.165, 1.54) is 30.3 Å². The quantitative estimate of drug-likeness (QED) is 0.933. The zero-order valence-corrected chi connectivity index (χ0v) is 12.5. The van der Waals surface area contributed by atoms with Crippen molar-refractivity contribution in [1.82, 2.24) is 0 Å². The number of hydrogen-bond acceptors (Lipinski definition) is 5. The van der Waals surface area contributed by atoms with Crippen LogP contribution in [0.3, 0.4) is 0 Å². The number of thiophene rings is 1. The van der Waals surface area contributed by atoms with Crippen molar-refractivity contribution in [3.8, 4) is 0 Å². The minimum atomic E-state index is -3.59. The summed E-state index contributed by atoms with van der Waals surface area (Å²) in [5, 5.41) is 0.464. The van der Waals surface area contributed by atoms with E-state index in [1.807, 2.05) is 0 Å². The van der Waals surface area contributed by atoms with Gasteiger partial charge in [-0.15, -0.1) is 11.3 Å². The third kappa shape index (κ3) is 3.30. The first-order valence-electron chi connectivity index (χ1n) is 5.41. The lowest BCUT2D eigenvalue weighted by molar-refractivity contribution is 0.151. The summed E-state index contributed by atoms with van der Waals surface area (Å²) in [4.78, 5) is 11.3. The van der Waals surface area contributed by atoms with Gasteiger partial charge in [-0.3, -0.25) is 0 Å². The first kappa shape index (κ1) is 14.8. The largest absolute Gasteiger partial charge is 0.444 e. The number of sulfone groups is 1. The summed E-state index contributed by atoms with van der Waals surface area (Å²) in [6, 6.07) is 8.96. The second-order valence-electron chi connectivity index (χ2n) is 3.79. The highest BCUT2D eigenvalue weighted by Crippen LogP contribution is 2.28. The third-order valence-corrected chi connectivity index (χ3v) is 5.95. The molecule has 0 spiro atoms. The lowest BCUT2D eigenvalue weighted by atomic mass is 10.4. The van der Waals surface area contributed by atoms with Crippen LogP contribution in [-0.2, 0) is 21.2 Å². The highest BCUT2D eigenvalue weighted by Gasteiger charge is 2.20. The fraction of sp³-hybridized carbons (Fsp3) is 0.0833. The molecule has 106 valence electrons. The number of primary amides is 1. The van der Waals surface area contributed by atoms with Gasteiger partial charge in [-0.2, -0.15) is 0 Å². The number of carbonyl (C=O) groups excluding carboxylic acids is 1. The molecule has 2 N–H and O–H groups in total. The summed E-state index contributed by atoms with van der Waals surface area (Å²) in [6.07, 6.45) is -0.902. The van der Waals surface area contributed by atoms with Crippen molar-refractivity contribution in [2.75, 3.05) is 0 Å². The Morgan fingerprint density at radius 3 is 2.45 bits per heavy atom. The van der Waals surface area contributed by atoms with Gasteiger partial charge in [0.2, 0.25) is 9.84 Å². The van der Waals surface area contributed by atoms with Crippen LogP contribution in [0.1, 0.15) is 4.88 Å². The Morgan fingerprint density at radius 1 is 1.20 bits per heavy atom. The zero-order chi connectivity index (χ0) is 14.8. The number of carbonyl (C=O) groups is 1. The maximum absolute atomic E-state index is 12.3. The number of amides is 1. The fourth-order valence-electron chi connectivity index (χ4n) is 1.45. The first-order valence-corrected chi connectivity index (χ1v) is 8.09. The molecule has 0 radical (unpaired) electrons. The molecule has 1 aromatic carbocycles. The number of ether oxygens (including phenoxy) is 1. The zero-order valence-electron chi connectivity index (χ0n) is 10.1. The second-order valence-corrected chi connectivity index (χ2v) is 7.57. The summed E-state index contributed by atoms with van der Waals surface area (Å²) in [6.45, 7) is -0.0455. The van der Waals surface area contributed by atoms with Crippen molar-refractivity contribution in [2.45, 2.75) is 15.7 Å². The van der Waals surface area contributed by atoms with Gasteiger partial charge in [-0.25, -0.2) is 13.2 Å². The van der Waals surface area contributed by atoms with Crippen LogP contribution >= 0.6 is 22.9 Å². The molecule has 20 heavy (non-hydrogen) atoms. The normalized spacial score (nSPS) is 11.2. The molecule has 0 aliphatic heterocycles. The predicted molar refractivity (Wildman–Crippen MR) is 75.6 cm³/mol. The van der Waals surface area contributed by atoms with E-state index < -0.39 is 15.9 Å². The monoisotopic (exact) mass is 331 g/mol. The lowest BCUT2D eigenvalue weighted by Crippen LogP contribution is -2.12. The maximum Gasteiger partial charge on any atom is 0.404 e. The smallest absolute Gasteiger partial charge is 0.404 e. The average Bonchev–Trinajstić information content (AvgIpc) is 2.86. The van der Waals surface area contributed by atoms with E-state index in [-0.39, 0.29) is 15.7 Å². The summed E-state index contributed by atoms with van der Waals surface area (Å²) in [5.41, 5.74) is 4.85. The molecule has 8 heteroatoms. The van der Waals surface area contributed by atoms with Crippen molar-refractivity contribution in [3.05, 3.63) is 46.3 Å². The van der Waals surface area contributed by atoms with Gasteiger partial charge in [-0.05, 0) is 36.4 Å². The predicted octanol–water partition coefficient (Wildman–Crippen LogP) is 2.83. The van der Waals surface area contributed by atoms with Crippen LogP contribution in [0.15, 0.2) is 45.5 Å². The molecular formula is C12H10ClNO4S2. The van der Waals surface area contributed by atoms with Crippen molar-refractivity contribution >= 4 is 38.9 Å². The van der Waals surface area contributed by atoms with Crippen LogP contribution in [0.4, 0.5) is 4.79 Å². The number of halogens is 1. The molecule has 5 nitrogen and oxygen atoms in total. The van der Waals surface area contributed by atoms with Crippen LogP contribution in [-0.4, -0.2) is 14.5 Å². The number of rotatable bonds is 4. The molecule has 0 bridgehead atoms. The van der Waals surface area contributed by atoms with Crippen molar-refractivity contribution in [3.63, 3.8) is 0 Å².